The van der Waals surface area contributed by atoms with E-state index in [1.54, 1.807) is 6.07 Å². The third-order valence-electron chi connectivity index (χ3n) is 2.55. The van der Waals surface area contributed by atoms with E-state index in [1.807, 2.05) is 13.8 Å². The molecule has 0 bridgehead atoms. The van der Waals surface area contributed by atoms with Crippen LogP contribution in [-0.2, 0) is 6.54 Å². The molecule has 0 amide bonds. The molecular weight excluding hydrogens is 219 g/mol. The van der Waals surface area contributed by atoms with Gasteiger partial charge in [-0.15, -0.1) is 0 Å². The summed E-state index contributed by atoms with van der Waals surface area (Å²) in [7, 11) is 0. The zero-order valence-electron chi connectivity index (χ0n) is 9.21. The molecule has 0 saturated carbocycles. The van der Waals surface area contributed by atoms with Gasteiger partial charge in [-0.2, -0.15) is 13.2 Å². The number of aromatic nitrogens is 1. The van der Waals surface area contributed by atoms with Crippen molar-refractivity contribution in [2.24, 2.45) is 0 Å². The minimum absolute atomic E-state index is 0.188. The first-order valence-corrected chi connectivity index (χ1v) is 5.10. The molecule has 0 aliphatic heterocycles. The molecule has 1 heterocycles. The summed E-state index contributed by atoms with van der Waals surface area (Å²) in [5.74, 6) is 0.188. The second kappa shape index (κ2) is 4.72. The number of pyridine rings is 1. The number of rotatable bonds is 3. The normalized spacial score (nSPS) is 13.8. The Hall–Kier alpha value is -1.26. The van der Waals surface area contributed by atoms with Crippen LogP contribution in [0.5, 0.6) is 0 Å². The van der Waals surface area contributed by atoms with Crippen molar-refractivity contribution in [2.75, 3.05) is 0 Å². The zero-order chi connectivity index (χ0) is 12.3. The van der Waals surface area contributed by atoms with Gasteiger partial charge in [0.15, 0.2) is 0 Å². The molecule has 0 N–H and O–H groups in total. The standard InChI is InChI=1S/C11H14F3NO/c1-3-8(2)9-4-5-15(10(16)6-9)7-11(12,13)14/h4-6,8H,3,7H2,1-2H3. The molecule has 1 unspecified atom stereocenters. The Morgan fingerprint density at radius 3 is 2.50 bits per heavy atom. The van der Waals surface area contributed by atoms with Gasteiger partial charge < -0.3 is 4.57 Å². The van der Waals surface area contributed by atoms with Crippen LogP contribution in [0.4, 0.5) is 13.2 Å². The van der Waals surface area contributed by atoms with Gasteiger partial charge in [0.1, 0.15) is 6.54 Å². The summed E-state index contributed by atoms with van der Waals surface area (Å²) in [5.41, 5.74) is 0.182. The summed E-state index contributed by atoms with van der Waals surface area (Å²) in [4.78, 5) is 11.4. The lowest BCUT2D eigenvalue weighted by Crippen LogP contribution is -2.27. The fraction of sp³-hybridized carbons (Fsp3) is 0.545. The van der Waals surface area contributed by atoms with Gasteiger partial charge in [0.25, 0.3) is 5.56 Å². The smallest absolute Gasteiger partial charge is 0.306 e. The molecule has 90 valence electrons. The van der Waals surface area contributed by atoms with E-state index in [2.05, 4.69) is 0 Å². The second-order valence-corrected chi connectivity index (χ2v) is 3.85. The number of hydrogen-bond donors (Lipinski definition) is 0. The summed E-state index contributed by atoms with van der Waals surface area (Å²) >= 11 is 0. The minimum atomic E-state index is -4.36. The van der Waals surface area contributed by atoms with Crippen LogP contribution in [-0.4, -0.2) is 10.7 Å². The summed E-state index contributed by atoms with van der Waals surface area (Å²) < 4.78 is 36.9. The molecule has 5 heteroatoms. The summed E-state index contributed by atoms with van der Waals surface area (Å²) in [6, 6.07) is 2.85. The minimum Gasteiger partial charge on any atom is -0.306 e. The van der Waals surface area contributed by atoms with Crippen molar-refractivity contribution in [3.8, 4) is 0 Å². The first-order valence-electron chi connectivity index (χ1n) is 5.10. The van der Waals surface area contributed by atoms with Crippen LogP contribution in [0.15, 0.2) is 23.1 Å². The topological polar surface area (TPSA) is 22.0 Å². The lowest BCUT2D eigenvalue weighted by atomic mass is 10.0. The van der Waals surface area contributed by atoms with E-state index in [-0.39, 0.29) is 5.92 Å². The summed E-state index contributed by atoms with van der Waals surface area (Å²) in [5, 5.41) is 0. The third kappa shape index (κ3) is 3.40. The van der Waals surface area contributed by atoms with E-state index >= 15 is 0 Å². The highest BCUT2D eigenvalue weighted by Gasteiger charge is 2.28. The van der Waals surface area contributed by atoms with Crippen molar-refractivity contribution in [1.82, 2.24) is 4.57 Å². The highest BCUT2D eigenvalue weighted by molar-refractivity contribution is 5.15. The molecule has 0 aliphatic carbocycles. The monoisotopic (exact) mass is 233 g/mol. The van der Waals surface area contributed by atoms with Crippen molar-refractivity contribution in [3.63, 3.8) is 0 Å². The van der Waals surface area contributed by atoms with Gasteiger partial charge in [-0.3, -0.25) is 4.79 Å². The second-order valence-electron chi connectivity index (χ2n) is 3.85. The van der Waals surface area contributed by atoms with E-state index in [9.17, 15) is 18.0 Å². The molecule has 0 fully saturated rings. The number of nitrogens with zero attached hydrogens (tertiary/aromatic N) is 1. The van der Waals surface area contributed by atoms with Crippen LogP contribution in [0.25, 0.3) is 0 Å². The fourth-order valence-corrected chi connectivity index (χ4v) is 1.39. The van der Waals surface area contributed by atoms with Crippen LogP contribution >= 0.6 is 0 Å². The molecule has 2 nitrogen and oxygen atoms in total. The maximum Gasteiger partial charge on any atom is 0.406 e. The molecule has 1 aromatic heterocycles. The van der Waals surface area contributed by atoms with Crippen LogP contribution in [0.3, 0.4) is 0 Å². The Bertz CT molecular complexity index is 408. The van der Waals surface area contributed by atoms with Crippen LogP contribution in [0, 0.1) is 0 Å². The maximum absolute atomic E-state index is 12.1. The Labute approximate surface area is 91.7 Å². The highest BCUT2D eigenvalue weighted by atomic mass is 19.4. The van der Waals surface area contributed by atoms with E-state index in [4.69, 9.17) is 0 Å². The molecule has 0 spiro atoms. The van der Waals surface area contributed by atoms with Crippen molar-refractivity contribution < 1.29 is 13.2 Å². The molecule has 16 heavy (non-hydrogen) atoms. The van der Waals surface area contributed by atoms with Crippen LogP contribution in [0.2, 0.25) is 0 Å². The lowest BCUT2D eigenvalue weighted by Gasteiger charge is -2.12. The Morgan fingerprint density at radius 2 is 2.06 bits per heavy atom. The maximum atomic E-state index is 12.1. The highest BCUT2D eigenvalue weighted by Crippen LogP contribution is 2.18. The van der Waals surface area contributed by atoms with Crippen LogP contribution < -0.4 is 5.56 Å². The number of hydrogen-bond acceptors (Lipinski definition) is 1. The van der Waals surface area contributed by atoms with Crippen molar-refractivity contribution in [1.29, 1.82) is 0 Å². The predicted molar refractivity (Wildman–Crippen MR) is 55.5 cm³/mol. The first kappa shape index (κ1) is 12.8. The molecule has 1 aromatic rings. The van der Waals surface area contributed by atoms with E-state index in [0.717, 1.165) is 12.0 Å². The Kier molecular flexibility index (Phi) is 3.78. The van der Waals surface area contributed by atoms with Gasteiger partial charge in [0.2, 0.25) is 0 Å². The molecule has 0 saturated heterocycles. The summed E-state index contributed by atoms with van der Waals surface area (Å²) in [6.45, 7) is 2.67. The van der Waals surface area contributed by atoms with Crippen molar-refractivity contribution in [3.05, 3.63) is 34.2 Å². The van der Waals surface area contributed by atoms with Gasteiger partial charge in [-0.25, -0.2) is 0 Å². The largest absolute Gasteiger partial charge is 0.406 e. The van der Waals surface area contributed by atoms with Gasteiger partial charge in [-0.1, -0.05) is 13.8 Å². The third-order valence-corrected chi connectivity index (χ3v) is 2.55. The lowest BCUT2D eigenvalue weighted by molar-refractivity contribution is -0.141. The van der Waals surface area contributed by atoms with E-state index < -0.39 is 18.3 Å². The molecule has 0 aromatic carbocycles. The molecule has 1 atom stereocenters. The SMILES string of the molecule is CCC(C)c1ccn(CC(F)(F)F)c(=O)c1. The quantitative estimate of drug-likeness (QED) is 0.786. The summed E-state index contributed by atoms with van der Waals surface area (Å²) in [6.07, 6.45) is -2.30. The predicted octanol–water partition coefficient (Wildman–Crippen LogP) is 2.92. The molecular formula is C11H14F3NO. The Balaban J connectivity index is 2.97. The first-order chi connectivity index (χ1) is 7.33. The van der Waals surface area contributed by atoms with E-state index in [1.165, 1.54) is 12.3 Å². The Morgan fingerprint density at radius 1 is 1.44 bits per heavy atom. The van der Waals surface area contributed by atoms with Gasteiger partial charge in [0, 0.05) is 12.3 Å². The van der Waals surface area contributed by atoms with Crippen molar-refractivity contribution in [2.45, 2.75) is 38.9 Å². The van der Waals surface area contributed by atoms with Crippen LogP contribution in [0.1, 0.15) is 31.7 Å². The number of alkyl halides is 3. The fourth-order valence-electron chi connectivity index (χ4n) is 1.39. The average Bonchev–Trinajstić information content (AvgIpc) is 2.18. The van der Waals surface area contributed by atoms with Crippen molar-refractivity contribution >= 4 is 0 Å². The molecule has 0 aliphatic rings. The zero-order valence-corrected chi connectivity index (χ0v) is 9.21. The number of halogens is 3. The van der Waals surface area contributed by atoms with Gasteiger partial charge in [0.05, 0.1) is 0 Å². The van der Waals surface area contributed by atoms with Gasteiger partial charge >= 0.3 is 6.18 Å². The van der Waals surface area contributed by atoms with E-state index in [0.29, 0.717) is 4.57 Å². The van der Waals surface area contributed by atoms with Gasteiger partial charge in [-0.05, 0) is 24.0 Å². The molecule has 1 rings (SSSR count). The average molecular weight is 233 g/mol. The molecule has 0 radical (unpaired) electrons.